The van der Waals surface area contributed by atoms with Gasteiger partial charge in [0.2, 0.25) is 0 Å². The molecule has 0 aliphatic carbocycles. The Morgan fingerprint density at radius 1 is 1.20 bits per heavy atom. The van der Waals surface area contributed by atoms with Crippen LogP contribution in [0.2, 0.25) is 0 Å². The van der Waals surface area contributed by atoms with Crippen LogP contribution in [0.3, 0.4) is 0 Å². The maximum Gasteiger partial charge on any atom is 0.262 e. The summed E-state index contributed by atoms with van der Waals surface area (Å²) in [6, 6.07) is 0.285. The van der Waals surface area contributed by atoms with Crippen LogP contribution in [-0.2, 0) is 4.74 Å². The highest BCUT2D eigenvalue weighted by molar-refractivity contribution is 5.73. The van der Waals surface area contributed by atoms with Crippen molar-refractivity contribution in [2.45, 2.75) is 51.1 Å². The third-order valence-electron chi connectivity index (χ3n) is 6.24. The maximum absolute atomic E-state index is 12.8. The number of hydrogen-bond donors (Lipinski definition) is 1. The number of aryl methyl sites for hydroxylation is 1. The molecule has 0 saturated carbocycles. The van der Waals surface area contributed by atoms with Gasteiger partial charge in [-0.25, -0.2) is 19.6 Å². The minimum Gasteiger partial charge on any atom is -0.381 e. The van der Waals surface area contributed by atoms with E-state index in [-0.39, 0.29) is 17.6 Å². The molecular formula is C21H27N7O2. The Kier molecular flexibility index (Phi) is 5.08. The number of likely N-dealkylation sites (tertiary alicyclic amines) is 1. The average molecular weight is 409 g/mol. The second-order valence-electron chi connectivity index (χ2n) is 8.31. The van der Waals surface area contributed by atoms with Crippen molar-refractivity contribution in [3.8, 4) is 0 Å². The van der Waals surface area contributed by atoms with Gasteiger partial charge in [0.15, 0.2) is 5.65 Å². The van der Waals surface area contributed by atoms with Crippen LogP contribution >= 0.6 is 0 Å². The Balaban J connectivity index is 1.40. The fourth-order valence-electron chi connectivity index (χ4n) is 4.48. The van der Waals surface area contributed by atoms with Crippen LogP contribution < -0.4 is 5.56 Å². The molecule has 3 aromatic heterocycles. The van der Waals surface area contributed by atoms with Crippen LogP contribution in [0.15, 0.2) is 23.4 Å². The molecule has 2 aliphatic heterocycles. The second kappa shape index (κ2) is 7.88. The van der Waals surface area contributed by atoms with Gasteiger partial charge in [-0.15, -0.1) is 0 Å². The predicted molar refractivity (Wildman–Crippen MR) is 111 cm³/mol. The molecule has 0 aromatic carbocycles. The van der Waals surface area contributed by atoms with Gasteiger partial charge in [0.25, 0.3) is 5.56 Å². The Morgan fingerprint density at radius 3 is 2.63 bits per heavy atom. The molecule has 5 rings (SSSR count). The van der Waals surface area contributed by atoms with E-state index in [0.29, 0.717) is 22.8 Å². The van der Waals surface area contributed by atoms with E-state index >= 15 is 0 Å². The third-order valence-corrected chi connectivity index (χ3v) is 6.24. The Labute approximate surface area is 174 Å². The van der Waals surface area contributed by atoms with Gasteiger partial charge in [-0.1, -0.05) is 6.92 Å². The van der Waals surface area contributed by atoms with Crippen LogP contribution in [0, 0.1) is 6.92 Å². The summed E-state index contributed by atoms with van der Waals surface area (Å²) in [7, 11) is 0. The number of nitrogens with zero attached hydrogens (tertiary/aromatic N) is 6. The minimum absolute atomic E-state index is 0.0573. The second-order valence-corrected chi connectivity index (χ2v) is 8.31. The molecule has 0 amide bonds. The number of aromatic amines is 1. The molecule has 0 bridgehead atoms. The highest BCUT2D eigenvalue weighted by Gasteiger charge is 2.36. The van der Waals surface area contributed by atoms with Crippen LogP contribution in [0.25, 0.3) is 11.0 Å². The van der Waals surface area contributed by atoms with Gasteiger partial charge in [-0.2, -0.15) is 5.10 Å². The van der Waals surface area contributed by atoms with Crippen molar-refractivity contribution in [1.82, 2.24) is 34.6 Å². The first-order valence-corrected chi connectivity index (χ1v) is 10.7. The number of hydrogen-bond acceptors (Lipinski definition) is 7. The van der Waals surface area contributed by atoms with Gasteiger partial charge in [0.05, 0.1) is 18.3 Å². The van der Waals surface area contributed by atoms with Gasteiger partial charge in [0.1, 0.15) is 17.0 Å². The average Bonchev–Trinajstić information content (AvgIpc) is 3.16. The summed E-state index contributed by atoms with van der Waals surface area (Å²) < 4.78 is 7.39. The van der Waals surface area contributed by atoms with E-state index in [0.717, 1.165) is 57.0 Å². The number of H-pyrrole nitrogens is 1. The largest absolute Gasteiger partial charge is 0.381 e. The topological polar surface area (TPSA) is 102 Å². The van der Waals surface area contributed by atoms with E-state index < -0.39 is 0 Å². The molecule has 1 N–H and O–H groups in total. The van der Waals surface area contributed by atoms with Crippen LogP contribution in [-0.4, -0.2) is 60.9 Å². The lowest BCUT2D eigenvalue weighted by Gasteiger charge is -2.42. The molecule has 9 heteroatoms. The summed E-state index contributed by atoms with van der Waals surface area (Å²) in [5.41, 5.74) is 1.63. The van der Waals surface area contributed by atoms with E-state index in [1.165, 1.54) is 0 Å². The zero-order chi connectivity index (χ0) is 20.7. The van der Waals surface area contributed by atoms with Gasteiger partial charge in [-0.3, -0.25) is 9.69 Å². The Morgan fingerprint density at radius 2 is 1.93 bits per heavy atom. The standard InChI is InChI=1S/C21H27N7O2/c1-3-17(27-11-14(12-27)18-22-8-13(2)9-23-18)19-25-20-16(21(29)26-19)10-24-28(20)15-4-6-30-7-5-15/h8-10,14-15,17H,3-7,11-12H2,1-2H3,(H,25,26,29)/t17-/m1/s1. The van der Waals surface area contributed by atoms with E-state index in [4.69, 9.17) is 9.72 Å². The first-order valence-electron chi connectivity index (χ1n) is 10.7. The van der Waals surface area contributed by atoms with Gasteiger partial charge in [0, 0.05) is 44.6 Å². The minimum atomic E-state index is -0.120. The van der Waals surface area contributed by atoms with Crippen LogP contribution in [0.1, 0.15) is 61.4 Å². The first kappa shape index (κ1) is 19.3. The molecule has 0 radical (unpaired) electrons. The summed E-state index contributed by atoms with van der Waals surface area (Å²) >= 11 is 0. The summed E-state index contributed by atoms with van der Waals surface area (Å²) in [6.45, 7) is 7.28. The lowest BCUT2D eigenvalue weighted by Crippen LogP contribution is -2.48. The van der Waals surface area contributed by atoms with Crippen LogP contribution in [0.4, 0.5) is 0 Å². The van der Waals surface area contributed by atoms with E-state index in [1.54, 1.807) is 6.20 Å². The molecule has 3 aromatic rings. The quantitative estimate of drug-likeness (QED) is 0.689. The summed E-state index contributed by atoms with van der Waals surface area (Å²) in [5, 5.41) is 5.04. The molecule has 30 heavy (non-hydrogen) atoms. The predicted octanol–water partition coefficient (Wildman–Crippen LogP) is 2.12. The monoisotopic (exact) mass is 409 g/mol. The summed E-state index contributed by atoms with van der Waals surface area (Å²) in [4.78, 5) is 31.9. The molecule has 2 aliphatic rings. The normalized spacial score (nSPS) is 19.8. The number of nitrogens with one attached hydrogen (secondary N) is 1. The molecule has 2 saturated heterocycles. The first-order chi connectivity index (χ1) is 14.6. The Hall–Kier alpha value is -2.65. The molecule has 5 heterocycles. The number of aromatic nitrogens is 6. The summed E-state index contributed by atoms with van der Waals surface area (Å²) in [5.74, 6) is 1.93. The smallest absolute Gasteiger partial charge is 0.262 e. The molecule has 0 unspecified atom stereocenters. The molecular weight excluding hydrogens is 382 g/mol. The van der Waals surface area contributed by atoms with E-state index in [9.17, 15) is 4.79 Å². The van der Waals surface area contributed by atoms with Crippen molar-refractivity contribution in [3.05, 3.63) is 46.2 Å². The van der Waals surface area contributed by atoms with Crippen molar-refractivity contribution in [3.63, 3.8) is 0 Å². The van der Waals surface area contributed by atoms with E-state index in [2.05, 4.69) is 31.9 Å². The SMILES string of the molecule is CC[C@H](c1nc2c(cnn2C2CCOCC2)c(=O)[nH]1)N1CC(c2ncc(C)cn2)C1. The van der Waals surface area contributed by atoms with Crippen molar-refractivity contribution in [2.24, 2.45) is 0 Å². The van der Waals surface area contributed by atoms with E-state index in [1.807, 2.05) is 24.0 Å². The highest BCUT2D eigenvalue weighted by Crippen LogP contribution is 2.34. The summed E-state index contributed by atoms with van der Waals surface area (Å²) in [6.07, 6.45) is 8.01. The molecule has 158 valence electrons. The number of ether oxygens (including phenoxy) is 1. The maximum atomic E-state index is 12.8. The van der Waals surface area contributed by atoms with Gasteiger partial charge in [-0.05, 0) is 31.7 Å². The van der Waals surface area contributed by atoms with Crippen molar-refractivity contribution >= 4 is 11.0 Å². The van der Waals surface area contributed by atoms with Crippen molar-refractivity contribution in [2.75, 3.05) is 26.3 Å². The fraction of sp³-hybridized carbons (Fsp3) is 0.571. The van der Waals surface area contributed by atoms with Crippen molar-refractivity contribution in [1.29, 1.82) is 0 Å². The number of fused-ring (bicyclic) bond motifs is 1. The van der Waals surface area contributed by atoms with Gasteiger partial charge < -0.3 is 9.72 Å². The molecule has 0 spiro atoms. The van der Waals surface area contributed by atoms with Gasteiger partial charge >= 0.3 is 0 Å². The Bertz CT molecular complexity index is 1080. The number of rotatable bonds is 5. The van der Waals surface area contributed by atoms with Crippen LogP contribution in [0.5, 0.6) is 0 Å². The zero-order valence-corrected chi connectivity index (χ0v) is 17.4. The lowest BCUT2D eigenvalue weighted by molar-refractivity contribution is 0.0671. The molecule has 2 fully saturated rings. The third kappa shape index (κ3) is 3.41. The molecule has 1 atom stereocenters. The highest BCUT2D eigenvalue weighted by atomic mass is 16.5. The zero-order valence-electron chi connectivity index (χ0n) is 17.4. The fourth-order valence-corrected chi connectivity index (χ4v) is 4.48. The lowest BCUT2D eigenvalue weighted by atomic mass is 9.95. The van der Waals surface area contributed by atoms with Crippen molar-refractivity contribution < 1.29 is 4.74 Å². The molecule has 9 nitrogen and oxygen atoms in total.